The molecule has 0 spiro atoms. The van der Waals surface area contributed by atoms with Crippen LogP contribution in [-0.2, 0) is 4.74 Å². The average Bonchev–Trinajstić information content (AvgIpc) is 3.06. The number of hydrogen-bond acceptors (Lipinski definition) is 3. The third-order valence-electron chi connectivity index (χ3n) is 4.49. The van der Waals surface area contributed by atoms with Gasteiger partial charge in [0.1, 0.15) is 3.74 Å². The Morgan fingerprint density at radius 1 is 0.962 bits per heavy atom. The van der Waals surface area contributed by atoms with E-state index in [0.717, 1.165) is 21.7 Å². The van der Waals surface area contributed by atoms with Gasteiger partial charge in [-0.15, -0.1) is 0 Å². The van der Waals surface area contributed by atoms with E-state index in [0.29, 0.717) is 16.8 Å². The minimum Gasteiger partial charge on any atom is -0.465 e. The number of Topliss-reactive ketones (excluding diaryl/α,β-unsaturated/α-hetero) is 1. The number of ether oxygens (including phenoxy) is 1. The second kappa shape index (κ2) is 6.52. The largest absolute Gasteiger partial charge is 0.465 e. The van der Waals surface area contributed by atoms with Gasteiger partial charge >= 0.3 is 5.97 Å². The Hall–Kier alpha value is -2.18. The van der Waals surface area contributed by atoms with Gasteiger partial charge in [-0.05, 0) is 29.0 Å². The Labute approximate surface area is 166 Å². The highest BCUT2D eigenvalue weighted by Crippen LogP contribution is 2.31. The summed E-state index contributed by atoms with van der Waals surface area (Å²) in [5, 5.41) is 3.22. The standard InChI is InChI=1S/C20H13Br2NO3/c1-26-20(25)14-10-17(18(24)19(21)22)23-15-8-6-11-4-2-3-5-12(11)13(15)7-9-16(14)23/h2-10,19H,1H3. The molecule has 130 valence electrons. The smallest absolute Gasteiger partial charge is 0.340 e. The number of rotatable bonds is 3. The summed E-state index contributed by atoms with van der Waals surface area (Å²) in [5.74, 6) is -0.641. The molecule has 2 aromatic heterocycles. The summed E-state index contributed by atoms with van der Waals surface area (Å²) < 4.78 is 6.17. The van der Waals surface area contributed by atoms with Crippen molar-refractivity contribution in [1.82, 2.24) is 4.40 Å². The van der Waals surface area contributed by atoms with Gasteiger partial charge in [-0.1, -0.05) is 68.3 Å². The van der Waals surface area contributed by atoms with Crippen LogP contribution in [-0.4, -0.2) is 27.0 Å². The van der Waals surface area contributed by atoms with Crippen molar-refractivity contribution in [1.29, 1.82) is 0 Å². The Bertz CT molecular complexity index is 1190. The molecule has 0 fully saturated rings. The van der Waals surface area contributed by atoms with Crippen LogP contribution < -0.4 is 0 Å². The van der Waals surface area contributed by atoms with Crippen LogP contribution in [0.2, 0.25) is 0 Å². The van der Waals surface area contributed by atoms with Crippen LogP contribution in [0.15, 0.2) is 54.6 Å². The minimum absolute atomic E-state index is 0.171. The Morgan fingerprint density at radius 2 is 1.69 bits per heavy atom. The summed E-state index contributed by atoms with van der Waals surface area (Å²) in [6, 6.07) is 17.5. The van der Waals surface area contributed by atoms with Crippen LogP contribution in [0.25, 0.3) is 27.2 Å². The second-order valence-corrected chi connectivity index (χ2v) is 8.93. The van der Waals surface area contributed by atoms with Crippen molar-refractivity contribution < 1.29 is 14.3 Å². The third-order valence-corrected chi connectivity index (χ3v) is 5.32. The number of ketones is 1. The number of aromatic nitrogens is 1. The number of carbonyl (C=O) groups is 2. The Balaban J connectivity index is 2.18. The monoisotopic (exact) mass is 473 g/mol. The molecule has 6 heteroatoms. The summed E-state index contributed by atoms with van der Waals surface area (Å²) >= 11 is 6.53. The lowest BCUT2D eigenvalue weighted by Gasteiger charge is -2.10. The molecule has 2 heterocycles. The van der Waals surface area contributed by atoms with Crippen molar-refractivity contribution in [2.45, 2.75) is 3.74 Å². The van der Waals surface area contributed by atoms with E-state index in [4.69, 9.17) is 4.74 Å². The van der Waals surface area contributed by atoms with E-state index >= 15 is 0 Å². The maximum atomic E-state index is 12.7. The number of halogens is 2. The van der Waals surface area contributed by atoms with Crippen LogP contribution in [0.3, 0.4) is 0 Å². The first-order chi connectivity index (χ1) is 12.5. The molecule has 0 unspecified atom stereocenters. The summed E-state index contributed by atoms with van der Waals surface area (Å²) in [5.41, 5.74) is 2.29. The van der Waals surface area contributed by atoms with E-state index in [1.54, 1.807) is 6.07 Å². The van der Waals surface area contributed by atoms with Crippen molar-refractivity contribution in [2.75, 3.05) is 7.11 Å². The predicted octanol–water partition coefficient (Wildman–Crippen LogP) is 5.33. The molecule has 0 N–H and O–H groups in total. The van der Waals surface area contributed by atoms with Gasteiger partial charge in [-0.25, -0.2) is 4.79 Å². The van der Waals surface area contributed by atoms with E-state index < -0.39 is 9.71 Å². The highest BCUT2D eigenvalue weighted by molar-refractivity contribution is 9.25. The van der Waals surface area contributed by atoms with Crippen molar-refractivity contribution >= 4 is 70.8 Å². The first kappa shape index (κ1) is 17.2. The van der Waals surface area contributed by atoms with E-state index in [1.165, 1.54) is 7.11 Å². The molecule has 0 saturated carbocycles. The lowest BCUT2D eigenvalue weighted by atomic mass is 10.0. The van der Waals surface area contributed by atoms with Crippen LogP contribution in [0.4, 0.5) is 0 Å². The number of pyridine rings is 1. The van der Waals surface area contributed by atoms with Gasteiger partial charge in [0.05, 0.1) is 29.4 Å². The predicted molar refractivity (Wildman–Crippen MR) is 110 cm³/mol. The van der Waals surface area contributed by atoms with Crippen molar-refractivity contribution in [3.8, 4) is 0 Å². The molecule has 0 bridgehead atoms. The van der Waals surface area contributed by atoms with Gasteiger partial charge in [0.2, 0.25) is 5.78 Å². The van der Waals surface area contributed by atoms with Gasteiger partial charge in [0, 0.05) is 5.39 Å². The number of alkyl halides is 2. The van der Waals surface area contributed by atoms with Gasteiger partial charge in [0.15, 0.2) is 0 Å². The van der Waals surface area contributed by atoms with E-state index in [2.05, 4.69) is 31.9 Å². The maximum absolute atomic E-state index is 12.7. The number of carbonyl (C=O) groups excluding carboxylic acids is 2. The van der Waals surface area contributed by atoms with E-state index in [1.807, 2.05) is 52.9 Å². The van der Waals surface area contributed by atoms with Crippen molar-refractivity contribution in [3.63, 3.8) is 0 Å². The number of esters is 1. The number of benzene rings is 2. The Morgan fingerprint density at radius 3 is 2.42 bits per heavy atom. The number of methoxy groups -OCH3 is 1. The summed E-state index contributed by atoms with van der Waals surface area (Å²) in [6.45, 7) is 0. The molecule has 26 heavy (non-hydrogen) atoms. The number of nitrogens with zero attached hydrogens (tertiary/aromatic N) is 1. The molecule has 4 nitrogen and oxygen atoms in total. The fourth-order valence-corrected chi connectivity index (χ4v) is 3.80. The molecule has 0 atom stereocenters. The first-order valence-electron chi connectivity index (χ1n) is 7.89. The number of hydrogen-bond donors (Lipinski definition) is 0. The molecule has 0 aliphatic carbocycles. The molecule has 2 aromatic carbocycles. The fraction of sp³-hybridized carbons (Fsp3) is 0.100. The number of fused-ring (bicyclic) bond motifs is 5. The fourth-order valence-electron chi connectivity index (χ4n) is 3.33. The van der Waals surface area contributed by atoms with Crippen LogP contribution in [0, 0.1) is 0 Å². The third kappa shape index (κ3) is 2.56. The van der Waals surface area contributed by atoms with Gasteiger partial charge in [0.25, 0.3) is 0 Å². The van der Waals surface area contributed by atoms with Crippen molar-refractivity contribution in [2.24, 2.45) is 0 Å². The topological polar surface area (TPSA) is 47.8 Å². The molecule has 0 aliphatic rings. The van der Waals surface area contributed by atoms with Gasteiger partial charge < -0.3 is 9.14 Å². The SMILES string of the molecule is COC(=O)c1cc(C(=O)C(Br)Br)n2c1ccc1c3ccccc3ccc12. The summed E-state index contributed by atoms with van der Waals surface area (Å²) in [4.78, 5) is 24.9. The van der Waals surface area contributed by atoms with Gasteiger partial charge in [-0.2, -0.15) is 0 Å². The molecule has 0 radical (unpaired) electrons. The van der Waals surface area contributed by atoms with Gasteiger partial charge in [-0.3, -0.25) is 4.79 Å². The normalized spacial score (nSPS) is 11.5. The zero-order valence-electron chi connectivity index (χ0n) is 13.7. The lowest BCUT2D eigenvalue weighted by Crippen LogP contribution is -2.10. The molecular formula is C20H13Br2NO3. The zero-order chi connectivity index (χ0) is 18.4. The molecule has 0 amide bonds. The highest BCUT2D eigenvalue weighted by atomic mass is 79.9. The molecule has 4 aromatic rings. The Kier molecular flexibility index (Phi) is 4.32. The molecule has 4 rings (SSSR count). The van der Waals surface area contributed by atoms with E-state index in [9.17, 15) is 9.59 Å². The quantitative estimate of drug-likeness (QED) is 0.174. The average molecular weight is 475 g/mol. The zero-order valence-corrected chi connectivity index (χ0v) is 16.9. The molecular weight excluding hydrogens is 462 g/mol. The summed E-state index contributed by atoms with van der Waals surface area (Å²) in [6.07, 6.45) is 0. The van der Waals surface area contributed by atoms with E-state index in [-0.39, 0.29) is 5.78 Å². The molecule has 0 aliphatic heterocycles. The maximum Gasteiger partial charge on any atom is 0.340 e. The van der Waals surface area contributed by atoms with Crippen molar-refractivity contribution in [3.05, 3.63) is 65.9 Å². The highest BCUT2D eigenvalue weighted by Gasteiger charge is 2.24. The molecule has 0 saturated heterocycles. The second-order valence-electron chi connectivity index (χ2n) is 5.87. The summed E-state index contributed by atoms with van der Waals surface area (Å²) in [7, 11) is 1.33. The van der Waals surface area contributed by atoms with Crippen LogP contribution in [0.5, 0.6) is 0 Å². The first-order valence-corrected chi connectivity index (χ1v) is 9.72. The van der Waals surface area contributed by atoms with Crippen LogP contribution >= 0.6 is 31.9 Å². The lowest BCUT2D eigenvalue weighted by molar-refractivity contribution is 0.0603. The minimum atomic E-state index is -0.547. The van der Waals surface area contributed by atoms with Crippen LogP contribution in [0.1, 0.15) is 20.8 Å².